The molecule has 0 unspecified atom stereocenters. The number of fused-ring (bicyclic) bond motifs is 1. The number of anilines is 3. The van der Waals surface area contributed by atoms with Crippen LogP contribution in [0.25, 0.3) is 16.9 Å². The van der Waals surface area contributed by atoms with Gasteiger partial charge in [-0.1, -0.05) is 6.92 Å². The number of piperazine rings is 1. The highest BCUT2D eigenvalue weighted by Crippen LogP contribution is 2.34. The second kappa shape index (κ2) is 8.99. The molecule has 9 nitrogen and oxygen atoms in total. The number of nitrogens with zero attached hydrogens (tertiary/aromatic N) is 6. The number of pyridine rings is 1. The van der Waals surface area contributed by atoms with Gasteiger partial charge in [0.25, 0.3) is 0 Å². The number of hydrogen-bond acceptors (Lipinski definition) is 6. The SMILES string of the molecule is CCc1nc2ccc(N3CCN(C(=O)O)CC3=O)cn2c1N(C)c1nc(-c2ccc(F)cc2)cs1. The molecule has 180 valence electrons. The Hall–Kier alpha value is -3.99. The molecule has 1 fully saturated rings. The standard InChI is InChI=1S/C24H23FN6O3S/c1-3-18-22(28(2)23-27-19(14-35-23)15-4-6-16(25)7-5-15)31-12-17(8-9-20(31)26-18)30-11-10-29(24(33)34)13-21(30)32/h4-9,12,14H,3,10-11,13H2,1-2H3,(H,33,34). The van der Waals surface area contributed by atoms with E-state index in [1.165, 1.54) is 23.5 Å². The normalized spacial score (nSPS) is 14.1. The van der Waals surface area contributed by atoms with E-state index >= 15 is 0 Å². The summed E-state index contributed by atoms with van der Waals surface area (Å²) in [4.78, 5) is 38.1. The van der Waals surface area contributed by atoms with Crippen molar-refractivity contribution in [1.82, 2.24) is 19.3 Å². The number of carbonyl (C=O) groups is 2. The van der Waals surface area contributed by atoms with Crippen molar-refractivity contribution in [3.05, 3.63) is 59.5 Å². The van der Waals surface area contributed by atoms with E-state index in [1.54, 1.807) is 17.0 Å². The molecule has 5 rings (SSSR count). The van der Waals surface area contributed by atoms with Crippen LogP contribution in [-0.4, -0.2) is 63.1 Å². The minimum absolute atomic E-state index is 0.171. The Labute approximate surface area is 204 Å². The van der Waals surface area contributed by atoms with Gasteiger partial charge in [-0.05, 0) is 42.8 Å². The molecule has 0 bridgehead atoms. The van der Waals surface area contributed by atoms with Gasteiger partial charge < -0.3 is 14.9 Å². The molecule has 1 aromatic carbocycles. The third-order valence-electron chi connectivity index (χ3n) is 6.02. The summed E-state index contributed by atoms with van der Waals surface area (Å²) >= 11 is 1.47. The fraction of sp³-hybridized carbons (Fsp3) is 0.250. The van der Waals surface area contributed by atoms with Crippen LogP contribution in [-0.2, 0) is 11.2 Å². The van der Waals surface area contributed by atoms with E-state index in [4.69, 9.17) is 9.97 Å². The van der Waals surface area contributed by atoms with E-state index in [0.29, 0.717) is 12.1 Å². The molecule has 1 aliphatic heterocycles. The maximum atomic E-state index is 13.3. The highest BCUT2D eigenvalue weighted by atomic mass is 32.1. The lowest BCUT2D eigenvalue weighted by molar-refractivity contribution is -0.120. The number of carboxylic acid groups (broad SMARTS) is 1. The topological polar surface area (TPSA) is 94.3 Å². The summed E-state index contributed by atoms with van der Waals surface area (Å²) < 4.78 is 15.2. The van der Waals surface area contributed by atoms with Crippen LogP contribution < -0.4 is 9.80 Å². The van der Waals surface area contributed by atoms with E-state index in [2.05, 4.69) is 0 Å². The summed E-state index contributed by atoms with van der Waals surface area (Å²) in [7, 11) is 1.92. The molecule has 35 heavy (non-hydrogen) atoms. The van der Waals surface area contributed by atoms with Gasteiger partial charge in [-0.3, -0.25) is 14.1 Å². The number of aryl methyl sites for hydroxylation is 1. The van der Waals surface area contributed by atoms with E-state index in [9.17, 15) is 19.1 Å². The maximum absolute atomic E-state index is 13.3. The van der Waals surface area contributed by atoms with Gasteiger partial charge in [0.15, 0.2) is 5.13 Å². The maximum Gasteiger partial charge on any atom is 0.407 e. The minimum atomic E-state index is -1.09. The largest absolute Gasteiger partial charge is 0.465 e. The van der Waals surface area contributed by atoms with Crippen molar-refractivity contribution in [2.75, 3.05) is 36.5 Å². The van der Waals surface area contributed by atoms with Gasteiger partial charge in [-0.2, -0.15) is 0 Å². The first kappa shape index (κ1) is 22.8. The summed E-state index contributed by atoms with van der Waals surface area (Å²) in [5.74, 6) is 0.270. The molecular formula is C24H23FN6O3S. The molecule has 0 radical (unpaired) electrons. The number of halogens is 1. The lowest BCUT2D eigenvalue weighted by Crippen LogP contribution is -2.52. The van der Waals surface area contributed by atoms with Crippen molar-refractivity contribution in [2.45, 2.75) is 13.3 Å². The zero-order chi connectivity index (χ0) is 24.7. The van der Waals surface area contributed by atoms with Gasteiger partial charge in [-0.25, -0.2) is 19.2 Å². The molecule has 0 spiro atoms. The second-order valence-electron chi connectivity index (χ2n) is 8.18. The average molecular weight is 495 g/mol. The molecule has 1 saturated heterocycles. The summed E-state index contributed by atoms with van der Waals surface area (Å²) in [5, 5.41) is 11.9. The van der Waals surface area contributed by atoms with Crippen molar-refractivity contribution >= 4 is 45.6 Å². The lowest BCUT2D eigenvalue weighted by Gasteiger charge is -2.32. The molecule has 4 heterocycles. The monoisotopic (exact) mass is 494 g/mol. The van der Waals surface area contributed by atoms with Crippen molar-refractivity contribution in [1.29, 1.82) is 0 Å². The zero-order valence-corrected chi connectivity index (χ0v) is 20.0. The number of benzene rings is 1. The first-order valence-electron chi connectivity index (χ1n) is 11.1. The number of carbonyl (C=O) groups excluding carboxylic acids is 1. The number of amides is 2. The number of aromatic nitrogens is 3. The highest BCUT2D eigenvalue weighted by Gasteiger charge is 2.28. The Morgan fingerprint density at radius 3 is 2.63 bits per heavy atom. The summed E-state index contributed by atoms with van der Waals surface area (Å²) in [6.07, 6.45) is 1.46. The summed E-state index contributed by atoms with van der Waals surface area (Å²) in [5.41, 5.74) is 3.88. The van der Waals surface area contributed by atoms with Crippen LogP contribution in [0.5, 0.6) is 0 Å². The summed E-state index contributed by atoms with van der Waals surface area (Å²) in [6.45, 7) is 2.39. The zero-order valence-electron chi connectivity index (χ0n) is 19.2. The van der Waals surface area contributed by atoms with Crippen molar-refractivity contribution in [3.8, 4) is 11.3 Å². The predicted molar refractivity (Wildman–Crippen MR) is 132 cm³/mol. The Kier molecular flexibility index (Phi) is 5.85. The van der Waals surface area contributed by atoms with Crippen LogP contribution in [0.4, 0.5) is 25.8 Å². The van der Waals surface area contributed by atoms with E-state index in [0.717, 1.165) is 38.4 Å². The van der Waals surface area contributed by atoms with Crippen molar-refractivity contribution in [2.24, 2.45) is 0 Å². The molecule has 4 aromatic rings. The van der Waals surface area contributed by atoms with Crippen LogP contribution >= 0.6 is 11.3 Å². The van der Waals surface area contributed by atoms with E-state index < -0.39 is 6.09 Å². The third-order valence-corrected chi connectivity index (χ3v) is 6.94. The highest BCUT2D eigenvalue weighted by molar-refractivity contribution is 7.14. The van der Waals surface area contributed by atoms with Gasteiger partial charge in [0.2, 0.25) is 5.91 Å². The van der Waals surface area contributed by atoms with E-state index in [-0.39, 0.29) is 31.4 Å². The molecule has 0 saturated carbocycles. The Bertz CT molecular complexity index is 1420. The van der Waals surface area contributed by atoms with Crippen LogP contribution in [0.1, 0.15) is 12.6 Å². The lowest BCUT2D eigenvalue weighted by atomic mass is 10.2. The average Bonchev–Trinajstić information content (AvgIpc) is 3.48. The first-order chi connectivity index (χ1) is 16.9. The molecule has 1 N–H and O–H groups in total. The van der Waals surface area contributed by atoms with Gasteiger partial charge in [-0.15, -0.1) is 11.3 Å². The van der Waals surface area contributed by atoms with Crippen molar-refractivity contribution < 1.29 is 19.1 Å². The van der Waals surface area contributed by atoms with Gasteiger partial charge in [0.1, 0.15) is 23.8 Å². The number of hydrogen-bond donors (Lipinski definition) is 1. The fourth-order valence-corrected chi connectivity index (χ4v) is 4.99. The summed E-state index contributed by atoms with van der Waals surface area (Å²) in [6, 6.07) is 9.92. The van der Waals surface area contributed by atoms with E-state index in [1.807, 2.05) is 47.0 Å². The molecular weight excluding hydrogens is 471 g/mol. The molecule has 3 aromatic heterocycles. The van der Waals surface area contributed by atoms with Crippen LogP contribution in [0.2, 0.25) is 0 Å². The molecule has 0 aliphatic carbocycles. The quantitative estimate of drug-likeness (QED) is 0.446. The Morgan fingerprint density at radius 1 is 1.17 bits per heavy atom. The van der Waals surface area contributed by atoms with Gasteiger partial charge >= 0.3 is 6.09 Å². The van der Waals surface area contributed by atoms with Gasteiger partial charge in [0, 0.05) is 37.3 Å². The number of rotatable bonds is 5. The van der Waals surface area contributed by atoms with Crippen molar-refractivity contribution in [3.63, 3.8) is 0 Å². The minimum Gasteiger partial charge on any atom is -0.465 e. The van der Waals surface area contributed by atoms with Gasteiger partial charge in [0.05, 0.1) is 17.1 Å². The third kappa shape index (κ3) is 4.18. The Morgan fingerprint density at radius 2 is 1.94 bits per heavy atom. The number of imidazole rings is 1. The second-order valence-corrected chi connectivity index (χ2v) is 9.02. The molecule has 0 atom stereocenters. The smallest absolute Gasteiger partial charge is 0.407 e. The Balaban J connectivity index is 1.49. The van der Waals surface area contributed by atoms with Crippen LogP contribution in [0.3, 0.4) is 0 Å². The van der Waals surface area contributed by atoms with Crippen LogP contribution in [0, 0.1) is 5.82 Å². The number of thiazole rings is 1. The molecule has 11 heteroatoms. The molecule has 2 amide bonds. The fourth-order valence-electron chi connectivity index (χ4n) is 4.19. The van der Waals surface area contributed by atoms with Crippen LogP contribution in [0.15, 0.2) is 48.0 Å². The molecule has 1 aliphatic rings. The predicted octanol–water partition coefficient (Wildman–Crippen LogP) is 4.25. The first-order valence-corrected chi connectivity index (χ1v) is 12.0.